The molecule has 1 aliphatic rings. The molecule has 1 aliphatic heterocycles. The molecule has 0 spiro atoms. The summed E-state index contributed by atoms with van der Waals surface area (Å²) in [5.74, 6) is 0.978. The number of sulfonamides is 1. The maximum Gasteiger partial charge on any atom is 0.261 e. The number of carbonyl (C=O) groups is 1. The first-order valence-electron chi connectivity index (χ1n) is 7.16. The fraction of sp³-hybridized carbons (Fsp3) is 0.188. The van der Waals surface area contributed by atoms with Crippen molar-refractivity contribution in [3.8, 4) is 5.75 Å². The summed E-state index contributed by atoms with van der Waals surface area (Å²) in [5, 5.41) is 2.69. The zero-order valence-electron chi connectivity index (χ0n) is 12.9. The summed E-state index contributed by atoms with van der Waals surface area (Å²) in [6.07, 6.45) is 0. The second-order valence-electron chi connectivity index (χ2n) is 5.17. The minimum Gasteiger partial charge on any atom is -0.497 e. The fourth-order valence-electron chi connectivity index (χ4n) is 2.30. The smallest absolute Gasteiger partial charge is 0.261 e. The molecule has 1 heterocycles. The second kappa shape index (κ2) is 6.74. The van der Waals surface area contributed by atoms with Crippen LogP contribution in [0.2, 0.25) is 0 Å². The number of ether oxygens (including phenoxy) is 1. The molecule has 0 saturated carbocycles. The van der Waals surface area contributed by atoms with Crippen LogP contribution in [-0.2, 0) is 14.8 Å². The molecule has 2 aromatic carbocycles. The number of hydrogen-bond acceptors (Lipinski definition) is 5. The van der Waals surface area contributed by atoms with Crippen molar-refractivity contribution in [2.75, 3.05) is 17.6 Å². The molecule has 24 heavy (non-hydrogen) atoms. The van der Waals surface area contributed by atoms with Crippen LogP contribution in [-0.4, -0.2) is 27.2 Å². The average Bonchev–Trinajstić information content (AvgIpc) is 3.01. The van der Waals surface area contributed by atoms with Gasteiger partial charge in [0, 0.05) is 5.69 Å². The van der Waals surface area contributed by atoms with Gasteiger partial charge in [0.05, 0.1) is 17.8 Å². The van der Waals surface area contributed by atoms with Gasteiger partial charge in [-0.05, 0) is 42.0 Å². The zero-order chi connectivity index (χ0) is 17.2. The van der Waals surface area contributed by atoms with E-state index in [-0.39, 0.29) is 16.2 Å². The Balaban J connectivity index is 1.80. The van der Waals surface area contributed by atoms with Crippen LogP contribution in [0.15, 0.2) is 53.4 Å². The van der Waals surface area contributed by atoms with E-state index in [0.717, 1.165) is 5.56 Å². The van der Waals surface area contributed by atoms with E-state index < -0.39 is 10.0 Å². The number of nitrogens with one attached hydrogen (secondary N) is 2. The number of amides is 1. The molecule has 0 bridgehead atoms. The SMILES string of the molecule is COc1ccc(S(=O)(=O)Nc2cccc([C@H]3NC(=O)CS3)c2)cc1. The van der Waals surface area contributed by atoms with E-state index in [9.17, 15) is 13.2 Å². The molecule has 6 nitrogen and oxygen atoms in total. The van der Waals surface area contributed by atoms with Crippen molar-refractivity contribution >= 4 is 33.4 Å². The summed E-state index contributed by atoms with van der Waals surface area (Å²) in [7, 11) is -2.17. The number of benzene rings is 2. The third kappa shape index (κ3) is 3.65. The minimum absolute atomic E-state index is 0.0192. The van der Waals surface area contributed by atoms with Gasteiger partial charge in [-0.2, -0.15) is 0 Å². The number of thioether (sulfide) groups is 1. The monoisotopic (exact) mass is 364 g/mol. The molecule has 2 N–H and O–H groups in total. The quantitative estimate of drug-likeness (QED) is 0.851. The molecule has 2 aromatic rings. The van der Waals surface area contributed by atoms with Crippen molar-refractivity contribution in [2.45, 2.75) is 10.3 Å². The predicted molar refractivity (Wildman–Crippen MR) is 93.6 cm³/mol. The van der Waals surface area contributed by atoms with Crippen molar-refractivity contribution in [2.24, 2.45) is 0 Å². The second-order valence-corrected chi connectivity index (χ2v) is 7.94. The molecule has 1 saturated heterocycles. The molecule has 8 heteroatoms. The highest BCUT2D eigenvalue weighted by atomic mass is 32.2. The molecular weight excluding hydrogens is 348 g/mol. The lowest BCUT2D eigenvalue weighted by Crippen LogP contribution is -2.19. The van der Waals surface area contributed by atoms with Gasteiger partial charge in [-0.3, -0.25) is 9.52 Å². The summed E-state index contributed by atoms with van der Waals surface area (Å²) < 4.78 is 32.5. The molecular formula is C16H16N2O4S2. The van der Waals surface area contributed by atoms with Gasteiger partial charge in [0.1, 0.15) is 11.1 Å². The lowest BCUT2D eigenvalue weighted by molar-refractivity contribution is -0.118. The minimum atomic E-state index is -3.69. The molecule has 0 aliphatic carbocycles. The van der Waals surface area contributed by atoms with Crippen molar-refractivity contribution in [1.29, 1.82) is 0 Å². The summed E-state index contributed by atoms with van der Waals surface area (Å²) in [5.41, 5.74) is 1.30. The summed E-state index contributed by atoms with van der Waals surface area (Å²) >= 11 is 1.48. The third-order valence-corrected chi connectivity index (χ3v) is 6.03. The van der Waals surface area contributed by atoms with Gasteiger partial charge in [0.15, 0.2) is 0 Å². The van der Waals surface area contributed by atoms with Crippen LogP contribution in [0.25, 0.3) is 0 Å². The molecule has 1 atom stereocenters. The Morgan fingerprint density at radius 3 is 2.58 bits per heavy atom. The fourth-order valence-corrected chi connectivity index (χ4v) is 4.31. The average molecular weight is 364 g/mol. The number of carbonyl (C=O) groups excluding carboxylic acids is 1. The van der Waals surface area contributed by atoms with Gasteiger partial charge >= 0.3 is 0 Å². The maximum atomic E-state index is 12.5. The highest BCUT2D eigenvalue weighted by Crippen LogP contribution is 2.32. The Morgan fingerprint density at radius 1 is 1.21 bits per heavy atom. The molecule has 1 fully saturated rings. The summed E-state index contributed by atoms with van der Waals surface area (Å²) in [6.45, 7) is 0. The van der Waals surface area contributed by atoms with Gasteiger partial charge in [0.25, 0.3) is 10.0 Å². The van der Waals surface area contributed by atoms with Crippen molar-refractivity contribution in [1.82, 2.24) is 5.32 Å². The van der Waals surface area contributed by atoms with Crippen molar-refractivity contribution in [3.63, 3.8) is 0 Å². The number of hydrogen-bond donors (Lipinski definition) is 2. The van der Waals surface area contributed by atoms with Crippen molar-refractivity contribution < 1.29 is 17.9 Å². The van der Waals surface area contributed by atoms with Crippen LogP contribution in [0, 0.1) is 0 Å². The lowest BCUT2D eigenvalue weighted by atomic mass is 10.2. The maximum absolute atomic E-state index is 12.5. The van der Waals surface area contributed by atoms with E-state index in [1.54, 1.807) is 30.3 Å². The standard InChI is InChI=1S/C16H16N2O4S2/c1-22-13-5-7-14(8-6-13)24(20,21)18-12-4-2-3-11(9-12)16-17-15(19)10-23-16/h2-9,16,18H,10H2,1H3,(H,17,19)/t16-/m0/s1. The van der Waals surface area contributed by atoms with Crippen LogP contribution in [0.4, 0.5) is 5.69 Å². The highest BCUT2D eigenvalue weighted by Gasteiger charge is 2.23. The van der Waals surface area contributed by atoms with Crippen LogP contribution in [0.5, 0.6) is 5.75 Å². The van der Waals surface area contributed by atoms with Gasteiger partial charge < -0.3 is 10.1 Å². The third-order valence-electron chi connectivity index (χ3n) is 3.48. The normalized spacial score (nSPS) is 17.4. The number of anilines is 1. The molecule has 0 radical (unpaired) electrons. The highest BCUT2D eigenvalue weighted by molar-refractivity contribution is 8.00. The Bertz CT molecular complexity index is 851. The van der Waals surface area contributed by atoms with Gasteiger partial charge in [-0.1, -0.05) is 12.1 Å². The number of methoxy groups -OCH3 is 1. The van der Waals surface area contributed by atoms with Crippen LogP contribution < -0.4 is 14.8 Å². The lowest BCUT2D eigenvalue weighted by Gasteiger charge is -2.13. The van der Waals surface area contributed by atoms with Gasteiger partial charge in [0.2, 0.25) is 5.91 Å². The Labute approximate surface area is 144 Å². The molecule has 0 unspecified atom stereocenters. The van der Waals surface area contributed by atoms with E-state index in [2.05, 4.69) is 10.0 Å². The molecule has 0 aromatic heterocycles. The van der Waals surface area contributed by atoms with E-state index in [0.29, 0.717) is 17.2 Å². The zero-order valence-corrected chi connectivity index (χ0v) is 14.5. The first-order chi connectivity index (χ1) is 11.5. The largest absolute Gasteiger partial charge is 0.497 e. The van der Waals surface area contributed by atoms with E-state index in [1.165, 1.54) is 31.0 Å². The summed E-state index contributed by atoms with van der Waals surface area (Å²) in [6, 6.07) is 13.2. The van der Waals surface area contributed by atoms with Crippen LogP contribution >= 0.6 is 11.8 Å². The van der Waals surface area contributed by atoms with Crippen LogP contribution in [0.1, 0.15) is 10.9 Å². The van der Waals surface area contributed by atoms with Crippen LogP contribution in [0.3, 0.4) is 0 Å². The first-order valence-corrected chi connectivity index (χ1v) is 9.69. The van der Waals surface area contributed by atoms with E-state index in [4.69, 9.17) is 4.74 Å². The molecule has 1 amide bonds. The van der Waals surface area contributed by atoms with Gasteiger partial charge in [-0.15, -0.1) is 11.8 Å². The number of rotatable bonds is 5. The van der Waals surface area contributed by atoms with Crippen molar-refractivity contribution in [3.05, 3.63) is 54.1 Å². The summed E-state index contributed by atoms with van der Waals surface area (Å²) in [4.78, 5) is 11.5. The van der Waals surface area contributed by atoms with E-state index in [1.807, 2.05) is 6.07 Å². The molecule has 3 rings (SSSR count). The predicted octanol–water partition coefficient (Wildman–Crippen LogP) is 2.36. The first kappa shape index (κ1) is 16.7. The topological polar surface area (TPSA) is 84.5 Å². The molecule has 126 valence electrons. The van der Waals surface area contributed by atoms with E-state index >= 15 is 0 Å². The Morgan fingerprint density at radius 2 is 1.96 bits per heavy atom. The Kier molecular flexibility index (Phi) is 4.68. The Hall–Kier alpha value is -2.19. The van der Waals surface area contributed by atoms with Gasteiger partial charge in [-0.25, -0.2) is 8.42 Å².